The maximum Gasteiger partial charge on any atom is 0.340 e. The second-order valence-electron chi connectivity index (χ2n) is 3.13. The van der Waals surface area contributed by atoms with E-state index < -0.39 is 11.8 Å². The Morgan fingerprint density at radius 1 is 1.20 bits per heavy atom. The number of aromatic carboxylic acids is 1. The topological polar surface area (TPSA) is 57.5 Å². The first-order valence-corrected chi connectivity index (χ1v) is 4.24. The molecule has 2 N–H and O–H groups in total. The summed E-state index contributed by atoms with van der Waals surface area (Å²) >= 11 is 0. The van der Waals surface area contributed by atoms with E-state index in [1.165, 1.54) is 24.3 Å². The van der Waals surface area contributed by atoms with E-state index in [-0.39, 0.29) is 11.3 Å². The molecule has 2 aromatic carbocycles. The van der Waals surface area contributed by atoms with Gasteiger partial charge in [-0.2, -0.15) is 0 Å². The molecule has 0 saturated heterocycles. The second-order valence-corrected chi connectivity index (χ2v) is 3.13. The monoisotopic (exact) mass is 206 g/mol. The smallest absolute Gasteiger partial charge is 0.340 e. The molecule has 0 amide bonds. The van der Waals surface area contributed by atoms with Crippen molar-refractivity contribution in [2.24, 2.45) is 0 Å². The Labute approximate surface area is 84.4 Å². The van der Waals surface area contributed by atoms with Gasteiger partial charge in [-0.05, 0) is 23.6 Å². The minimum absolute atomic E-state index is 0.201. The molecule has 0 unspecified atom stereocenters. The number of carboxylic acid groups (broad SMARTS) is 1. The summed E-state index contributed by atoms with van der Waals surface area (Å²) in [6.45, 7) is 0. The zero-order valence-electron chi connectivity index (χ0n) is 7.57. The summed E-state index contributed by atoms with van der Waals surface area (Å²) in [5.74, 6) is -1.99. The van der Waals surface area contributed by atoms with Crippen LogP contribution in [0.4, 0.5) is 4.39 Å². The first-order chi connectivity index (χ1) is 7.09. The molecule has 4 heteroatoms. The number of phenols is 1. The molecule has 0 spiro atoms. The normalized spacial score (nSPS) is 10.5. The van der Waals surface area contributed by atoms with Gasteiger partial charge in [0.15, 0.2) is 0 Å². The van der Waals surface area contributed by atoms with E-state index in [1.54, 1.807) is 0 Å². The number of fused-ring (bicyclic) bond motifs is 1. The largest absolute Gasteiger partial charge is 0.507 e. The van der Waals surface area contributed by atoms with Gasteiger partial charge in [0, 0.05) is 5.39 Å². The molecule has 0 atom stereocenters. The molecule has 0 heterocycles. The molecule has 15 heavy (non-hydrogen) atoms. The molecule has 0 aliphatic heterocycles. The van der Waals surface area contributed by atoms with Gasteiger partial charge in [-0.25, -0.2) is 9.18 Å². The molecule has 0 aromatic heterocycles. The predicted octanol–water partition coefficient (Wildman–Crippen LogP) is 2.38. The summed E-state index contributed by atoms with van der Waals surface area (Å²) in [7, 11) is 0. The Morgan fingerprint density at radius 3 is 2.60 bits per heavy atom. The van der Waals surface area contributed by atoms with E-state index in [4.69, 9.17) is 5.11 Å². The van der Waals surface area contributed by atoms with Crippen molar-refractivity contribution in [2.45, 2.75) is 0 Å². The maximum absolute atomic E-state index is 12.9. The van der Waals surface area contributed by atoms with Crippen molar-refractivity contribution < 1.29 is 19.4 Å². The molecule has 0 aliphatic rings. The van der Waals surface area contributed by atoms with Crippen molar-refractivity contribution in [2.75, 3.05) is 0 Å². The summed E-state index contributed by atoms with van der Waals surface area (Å²) in [5, 5.41) is 19.0. The highest BCUT2D eigenvalue weighted by Crippen LogP contribution is 2.27. The van der Waals surface area contributed by atoms with Gasteiger partial charge in [0.05, 0.1) is 0 Å². The molecule has 2 rings (SSSR count). The molecule has 0 fully saturated rings. The van der Waals surface area contributed by atoms with Crippen LogP contribution in [-0.2, 0) is 0 Å². The summed E-state index contributed by atoms with van der Waals surface area (Å²) in [6.07, 6.45) is 0. The van der Waals surface area contributed by atoms with Crippen LogP contribution in [0.1, 0.15) is 10.4 Å². The Bertz CT molecular complexity index is 549. The molecule has 0 radical (unpaired) electrons. The van der Waals surface area contributed by atoms with Crippen LogP contribution >= 0.6 is 0 Å². The van der Waals surface area contributed by atoms with Crippen LogP contribution in [0, 0.1) is 5.82 Å². The van der Waals surface area contributed by atoms with Gasteiger partial charge in [0.25, 0.3) is 0 Å². The Kier molecular flexibility index (Phi) is 2.04. The van der Waals surface area contributed by atoms with Crippen LogP contribution in [0.5, 0.6) is 5.75 Å². The second kappa shape index (κ2) is 3.24. The van der Waals surface area contributed by atoms with Gasteiger partial charge in [-0.15, -0.1) is 0 Å². The van der Waals surface area contributed by atoms with E-state index in [0.717, 1.165) is 6.07 Å². The minimum Gasteiger partial charge on any atom is -0.507 e. The Morgan fingerprint density at radius 2 is 1.93 bits per heavy atom. The number of carboxylic acids is 1. The van der Waals surface area contributed by atoms with Crippen LogP contribution in [0.25, 0.3) is 10.8 Å². The number of rotatable bonds is 1. The molecule has 0 saturated carbocycles. The highest BCUT2D eigenvalue weighted by Gasteiger charge is 2.13. The van der Waals surface area contributed by atoms with Gasteiger partial charge < -0.3 is 10.2 Å². The van der Waals surface area contributed by atoms with Crippen LogP contribution in [0.3, 0.4) is 0 Å². The fraction of sp³-hybridized carbons (Fsp3) is 0. The van der Waals surface area contributed by atoms with Gasteiger partial charge in [-0.3, -0.25) is 0 Å². The third-order valence-corrected chi connectivity index (χ3v) is 2.17. The van der Waals surface area contributed by atoms with Gasteiger partial charge in [0.1, 0.15) is 17.1 Å². The van der Waals surface area contributed by atoms with E-state index in [2.05, 4.69) is 0 Å². The Balaban J connectivity index is 2.88. The fourth-order valence-electron chi connectivity index (χ4n) is 1.51. The average Bonchev–Trinajstić information content (AvgIpc) is 2.17. The van der Waals surface area contributed by atoms with Crippen molar-refractivity contribution in [3.63, 3.8) is 0 Å². The predicted molar refractivity (Wildman–Crippen MR) is 52.5 cm³/mol. The lowest BCUT2D eigenvalue weighted by atomic mass is 10.0. The lowest BCUT2D eigenvalue weighted by molar-refractivity contribution is 0.0696. The molecule has 2 aromatic rings. The summed E-state index contributed by atoms with van der Waals surface area (Å²) in [4.78, 5) is 10.9. The van der Waals surface area contributed by atoms with E-state index >= 15 is 0 Å². The average molecular weight is 206 g/mol. The van der Waals surface area contributed by atoms with Crippen molar-refractivity contribution in [1.29, 1.82) is 0 Å². The Hall–Kier alpha value is -2.10. The van der Waals surface area contributed by atoms with Crippen molar-refractivity contribution in [1.82, 2.24) is 0 Å². The van der Waals surface area contributed by atoms with Gasteiger partial charge in [-0.1, -0.05) is 12.1 Å². The summed E-state index contributed by atoms with van der Waals surface area (Å²) in [5.41, 5.74) is -0.201. The molecule has 0 aliphatic carbocycles. The fourth-order valence-corrected chi connectivity index (χ4v) is 1.51. The number of aromatic hydroxyl groups is 1. The quantitative estimate of drug-likeness (QED) is 0.753. The SMILES string of the molecule is O=C(O)c1c(O)ccc2cc(F)ccc12. The lowest BCUT2D eigenvalue weighted by Gasteiger charge is -2.04. The van der Waals surface area contributed by atoms with Crippen LogP contribution in [-0.4, -0.2) is 16.2 Å². The van der Waals surface area contributed by atoms with E-state index in [1.807, 2.05) is 0 Å². The van der Waals surface area contributed by atoms with Crippen LogP contribution in [0.15, 0.2) is 30.3 Å². The third kappa shape index (κ3) is 1.50. The van der Waals surface area contributed by atoms with Crippen molar-refractivity contribution >= 4 is 16.7 Å². The number of halogens is 1. The number of hydrogen-bond acceptors (Lipinski definition) is 2. The van der Waals surface area contributed by atoms with Gasteiger partial charge in [0.2, 0.25) is 0 Å². The highest BCUT2D eigenvalue weighted by atomic mass is 19.1. The first kappa shape index (κ1) is 9.45. The van der Waals surface area contributed by atoms with Crippen molar-refractivity contribution in [3.8, 4) is 5.75 Å². The van der Waals surface area contributed by atoms with Crippen molar-refractivity contribution in [3.05, 3.63) is 41.7 Å². The minimum atomic E-state index is -1.23. The maximum atomic E-state index is 12.9. The summed E-state index contributed by atoms with van der Waals surface area (Å²) < 4.78 is 12.9. The van der Waals surface area contributed by atoms with Crippen LogP contribution in [0.2, 0.25) is 0 Å². The third-order valence-electron chi connectivity index (χ3n) is 2.17. The van der Waals surface area contributed by atoms with E-state index in [9.17, 15) is 14.3 Å². The zero-order chi connectivity index (χ0) is 11.0. The summed E-state index contributed by atoms with van der Waals surface area (Å²) in [6, 6.07) is 6.44. The number of carbonyl (C=O) groups is 1. The zero-order valence-corrected chi connectivity index (χ0v) is 7.57. The highest BCUT2D eigenvalue weighted by molar-refractivity contribution is 6.06. The van der Waals surface area contributed by atoms with Gasteiger partial charge >= 0.3 is 5.97 Å². The molecule has 3 nitrogen and oxygen atoms in total. The molecular weight excluding hydrogens is 199 g/mol. The molecule has 76 valence electrons. The number of hydrogen-bond donors (Lipinski definition) is 2. The molecular formula is C11H7FO3. The molecule has 0 bridgehead atoms. The number of benzene rings is 2. The van der Waals surface area contributed by atoms with E-state index in [0.29, 0.717) is 10.8 Å². The first-order valence-electron chi connectivity index (χ1n) is 4.24. The standard InChI is InChI=1S/C11H7FO3/c12-7-2-3-8-6(5-7)1-4-9(13)10(8)11(14)15/h1-5,13H,(H,14,15). The van der Waals surface area contributed by atoms with Crippen LogP contribution < -0.4 is 0 Å². The lowest BCUT2D eigenvalue weighted by Crippen LogP contribution is -1.98.